The summed E-state index contributed by atoms with van der Waals surface area (Å²) < 4.78 is 5.52. The van der Waals surface area contributed by atoms with Crippen molar-refractivity contribution in [3.8, 4) is 0 Å². The summed E-state index contributed by atoms with van der Waals surface area (Å²) in [6.07, 6.45) is 5.29. The summed E-state index contributed by atoms with van der Waals surface area (Å²) in [5.41, 5.74) is 0. The van der Waals surface area contributed by atoms with Gasteiger partial charge in [0.15, 0.2) is 5.96 Å². The predicted molar refractivity (Wildman–Crippen MR) is 110 cm³/mol. The zero-order valence-electron chi connectivity index (χ0n) is 17.3. The Labute approximate surface area is 160 Å². The number of nitrogens with one attached hydrogen (secondary N) is 2. The molecule has 0 radical (unpaired) electrons. The van der Waals surface area contributed by atoms with Crippen LogP contribution >= 0.6 is 0 Å². The lowest BCUT2D eigenvalue weighted by Crippen LogP contribution is -2.47. The van der Waals surface area contributed by atoms with E-state index in [4.69, 9.17) is 9.73 Å². The first-order chi connectivity index (χ1) is 12.7. The van der Waals surface area contributed by atoms with Gasteiger partial charge >= 0.3 is 0 Å². The molecule has 6 nitrogen and oxygen atoms in total. The van der Waals surface area contributed by atoms with Crippen molar-refractivity contribution in [3.05, 3.63) is 0 Å². The zero-order chi connectivity index (χ0) is 18.6. The van der Waals surface area contributed by atoms with Crippen LogP contribution in [0, 0.1) is 5.92 Å². The number of guanidine groups is 1. The summed E-state index contributed by atoms with van der Waals surface area (Å²) in [5, 5.41) is 6.94. The fourth-order valence-corrected chi connectivity index (χ4v) is 3.88. The quantitative estimate of drug-likeness (QED) is 0.481. The van der Waals surface area contributed by atoms with Crippen LogP contribution in [0.4, 0.5) is 0 Å². The van der Waals surface area contributed by atoms with E-state index in [-0.39, 0.29) is 0 Å². The molecule has 1 unspecified atom stereocenters. The van der Waals surface area contributed by atoms with E-state index in [1.807, 2.05) is 0 Å². The number of nitrogens with zero attached hydrogens (tertiary/aromatic N) is 3. The fourth-order valence-electron chi connectivity index (χ4n) is 3.88. The first kappa shape index (κ1) is 21.5. The Morgan fingerprint density at radius 3 is 2.42 bits per heavy atom. The van der Waals surface area contributed by atoms with Gasteiger partial charge in [-0.2, -0.15) is 0 Å². The first-order valence-electron chi connectivity index (χ1n) is 10.8. The van der Waals surface area contributed by atoms with Crippen molar-refractivity contribution in [2.24, 2.45) is 10.9 Å². The largest absolute Gasteiger partial charge is 0.379 e. The molecule has 1 atom stereocenters. The summed E-state index contributed by atoms with van der Waals surface area (Å²) in [6.45, 7) is 16.9. The van der Waals surface area contributed by atoms with Crippen molar-refractivity contribution in [2.45, 2.75) is 52.5 Å². The lowest BCUT2D eigenvalue weighted by Gasteiger charge is -2.34. The van der Waals surface area contributed by atoms with Gasteiger partial charge in [0.2, 0.25) is 0 Å². The average Bonchev–Trinajstić information content (AvgIpc) is 2.66. The number of hydrogen-bond acceptors (Lipinski definition) is 4. The van der Waals surface area contributed by atoms with Crippen molar-refractivity contribution in [2.75, 3.05) is 65.6 Å². The molecule has 152 valence electrons. The molecule has 2 aliphatic heterocycles. The van der Waals surface area contributed by atoms with E-state index in [0.29, 0.717) is 12.0 Å². The minimum atomic E-state index is 0.511. The summed E-state index contributed by atoms with van der Waals surface area (Å²) in [4.78, 5) is 10.0. The summed E-state index contributed by atoms with van der Waals surface area (Å²) in [5.74, 6) is 1.65. The Hall–Kier alpha value is -0.850. The molecule has 2 fully saturated rings. The molecule has 0 amide bonds. The van der Waals surface area contributed by atoms with E-state index in [9.17, 15) is 0 Å². The Balaban J connectivity index is 1.82. The second-order valence-corrected chi connectivity index (χ2v) is 7.98. The van der Waals surface area contributed by atoms with Gasteiger partial charge in [-0.05, 0) is 45.2 Å². The predicted octanol–water partition coefficient (Wildman–Crippen LogP) is 1.77. The van der Waals surface area contributed by atoms with Crippen molar-refractivity contribution < 1.29 is 4.74 Å². The number of hydrogen-bond donors (Lipinski definition) is 2. The molecule has 0 bridgehead atoms. The highest BCUT2D eigenvalue weighted by molar-refractivity contribution is 5.79. The van der Waals surface area contributed by atoms with Gasteiger partial charge < -0.3 is 20.3 Å². The minimum absolute atomic E-state index is 0.511. The number of ether oxygens (including phenoxy) is 1. The van der Waals surface area contributed by atoms with Gasteiger partial charge in [-0.15, -0.1) is 0 Å². The molecule has 0 spiro atoms. The van der Waals surface area contributed by atoms with E-state index in [1.54, 1.807) is 0 Å². The molecule has 0 aliphatic carbocycles. The van der Waals surface area contributed by atoms with Crippen LogP contribution in [0.1, 0.15) is 46.5 Å². The standard InChI is InChI=1S/C20H41N5O/c1-4-21-20(22-8-11-24-9-6-5-7-10-24)23-17-19(16-18(2)3)25-12-14-26-15-13-25/h18-19H,4-17H2,1-3H3,(H2,21,22,23). The SMILES string of the molecule is CCNC(=NCC(CC(C)C)N1CCOCC1)NCCN1CCCCC1. The lowest BCUT2D eigenvalue weighted by molar-refractivity contribution is 0.0143. The number of morpholine rings is 1. The molecule has 2 N–H and O–H groups in total. The topological polar surface area (TPSA) is 52.1 Å². The molecule has 26 heavy (non-hydrogen) atoms. The van der Waals surface area contributed by atoms with Gasteiger partial charge in [0.1, 0.15) is 0 Å². The second-order valence-electron chi connectivity index (χ2n) is 7.98. The summed E-state index contributed by atoms with van der Waals surface area (Å²) >= 11 is 0. The molecule has 0 saturated carbocycles. The Kier molecular flexibility index (Phi) is 10.3. The van der Waals surface area contributed by atoms with Crippen LogP contribution in [-0.2, 0) is 4.74 Å². The Morgan fingerprint density at radius 2 is 1.77 bits per heavy atom. The highest BCUT2D eigenvalue weighted by Crippen LogP contribution is 2.14. The molecule has 0 aromatic heterocycles. The van der Waals surface area contributed by atoms with E-state index >= 15 is 0 Å². The molecule has 2 rings (SSSR count). The number of aliphatic imine (C=N–C) groups is 1. The molecule has 0 aromatic rings. The molecule has 6 heteroatoms. The van der Waals surface area contributed by atoms with E-state index in [1.165, 1.54) is 38.8 Å². The van der Waals surface area contributed by atoms with Crippen molar-refractivity contribution >= 4 is 5.96 Å². The van der Waals surface area contributed by atoms with Gasteiger partial charge in [0.05, 0.1) is 19.8 Å². The van der Waals surface area contributed by atoms with E-state index in [0.717, 1.165) is 58.4 Å². The second kappa shape index (κ2) is 12.5. The van der Waals surface area contributed by atoms with Gasteiger partial charge in [-0.3, -0.25) is 9.89 Å². The molecular formula is C20H41N5O. The van der Waals surface area contributed by atoms with Gasteiger partial charge in [0.25, 0.3) is 0 Å². The van der Waals surface area contributed by atoms with Gasteiger partial charge in [-0.1, -0.05) is 20.3 Å². The molecule has 0 aromatic carbocycles. The lowest BCUT2D eigenvalue weighted by atomic mass is 10.0. The Bertz CT molecular complexity index is 390. The Morgan fingerprint density at radius 1 is 1.04 bits per heavy atom. The fraction of sp³-hybridized carbons (Fsp3) is 0.950. The highest BCUT2D eigenvalue weighted by atomic mass is 16.5. The molecule has 2 aliphatic rings. The van der Waals surface area contributed by atoms with Crippen LogP contribution in [0.2, 0.25) is 0 Å². The smallest absolute Gasteiger partial charge is 0.191 e. The minimum Gasteiger partial charge on any atom is -0.379 e. The average molecular weight is 368 g/mol. The number of piperidine rings is 1. The molecular weight excluding hydrogens is 326 g/mol. The highest BCUT2D eigenvalue weighted by Gasteiger charge is 2.21. The molecule has 2 heterocycles. The van der Waals surface area contributed by atoms with Gasteiger partial charge in [-0.25, -0.2) is 0 Å². The maximum absolute atomic E-state index is 5.52. The maximum Gasteiger partial charge on any atom is 0.191 e. The molecule has 2 saturated heterocycles. The number of rotatable bonds is 9. The number of likely N-dealkylation sites (tertiary alicyclic amines) is 1. The van der Waals surface area contributed by atoms with Gasteiger partial charge in [0, 0.05) is 38.8 Å². The van der Waals surface area contributed by atoms with E-state index < -0.39 is 0 Å². The van der Waals surface area contributed by atoms with Crippen molar-refractivity contribution in [1.82, 2.24) is 20.4 Å². The van der Waals surface area contributed by atoms with Crippen LogP contribution < -0.4 is 10.6 Å². The monoisotopic (exact) mass is 367 g/mol. The van der Waals surface area contributed by atoms with Crippen LogP contribution in [0.5, 0.6) is 0 Å². The first-order valence-corrected chi connectivity index (χ1v) is 10.8. The van der Waals surface area contributed by atoms with Crippen LogP contribution in [0.15, 0.2) is 4.99 Å². The van der Waals surface area contributed by atoms with Crippen LogP contribution in [0.3, 0.4) is 0 Å². The van der Waals surface area contributed by atoms with Crippen LogP contribution in [-0.4, -0.2) is 87.4 Å². The van der Waals surface area contributed by atoms with Crippen molar-refractivity contribution in [3.63, 3.8) is 0 Å². The summed E-state index contributed by atoms with van der Waals surface area (Å²) in [6, 6.07) is 0.511. The zero-order valence-corrected chi connectivity index (χ0v) is 17.3. The normalized spacial score (nSPS) is 21.8. The third-order valence-electron chi connectivity index (χ3n) is 5.28. The summed E-state index contributed by atoms with van der Waals surface area (Å²) in [7, 11) is 0. The maximum atomic E-state index is 5.52. The third-order valence-corrected chi connectivity index (χ3v) is 5.28. The third kappa shape index (κ3) is 8.23. The van der Waals surface area contributed by atoms with Crippen LogP contribution in [0.25, 0.3) is 0 Å². The van der Waals surface area contributed by atoms with E-state index in [2.05, 4.69) is 41.2 Å². The van der Waals surface area contributed by atoms with Crippen molar-refractivity contribution in [1.29, 1.82) is 0 Å².